The van der Waals surface area contributed by atoms with Gasteiger partial charge >= 0.3 is 0 Å². The summed E-state index contributed by atoms with van der Waals surface area (Å²) in [4.78, 5) is 0. The number of halogens is 1. The number of methoxy groups -OCH3 is 1. The Bertz CT molecular complexity index is 783. The van der Waals surface area contributed by atoms with Crippen molar-refractivity contribution in [3.8, 4) is 22.7 Å². The lowest BCUT2D eigenvalue weighted by Gasteiger charge is -2.07. The molecule has 0 radical (unpaired) electrons. The SMILES string of the molecule is COc1ccccc1-n1cc(N)c(-c2cccc(Cl)c2)n1. The van der Waals surface area contributed by atoms with E-state index in [0.717, 1.165) is 17.0 Å². The molecule has 1 aromatic heterocycles. The van der Waals surface area contributed by atoms with Gasteiger partial charge in [-0.1, -0.05) is 35.9 Å². The van der Waals surface area contributed by atoms with E-state index in [2.05, 4.69) is 5.10 Å². The van der Waals surface area contributed by atoms with Crippen molar-refractivity contribution in [2.24, 2.45) is 0 Å². The molecule has 3 aromatic rings. The lowest BCUT2D eigenvalue weighted by molar-refractivity contribution is 0.412. The van der Waals surface area contributed by atoms with Crippen molar-refractivity contribution in [3.05, 3.63) is 59.8 Å². The molecular weight excluding hydrogens is 286 g/mol. The van der Waals surface area contributed by atoms with E-state index in [1.165, 1.54) is 0 Å². The minimum atomic E-state index is 0.586. The number of benzene rings is 2. The molecule has 0 aliphatic rings. The molecule has 0 aliphatic carbocycles. The summed E-state index contributed by atoms with van der Waals surface area (Å²) in [6.07, 6.45) is 1.77. The molecular formula is C16H14ClN3O. The molecule has 21 heavy (non-hydrogen) atoms. The third kappa shape index (κ3) is 2.58. The maximum Gasteiger partial charge on any atom is 0.144 e. The number of aromatic nitrogens is 2. The average Bonchev–Trinajstić information content (AvgIpc) is 2.89. The van der Waals surface area contributed by atoms with Crippen molar-refractivity contribution < 1.29 is 4.74 Å². The van der Waals surface area contributed by atoms with Crippen molar-refractivity contribution in [3.63, 3.8) is 0 Å². The second-order valence-corrected chi connectivity index (χ2v) is 5.00. The van der Waals surface area contributed by atoms with Crippen molar-refractivity contribution in [1.82, 2.24) is 9.78 Å². The summed E-state index contributed by atoms with van der Waals surface area (Å²) in [5, 5.41) is 5.20. The number of nitrogens with zero attached hydrogens (tertiary/aromatic N) is 2. The number of hydrogen-bond donors (Lipinski definition) is 1. The van der Waals surface area contributed by atoms with E-state index in [1.807, 2.05) is 48.5 Å². The number of hydrogen-bond acceptors (Lipinski definition) is 3. The van der Waals surface area contributed by atoms with Crippen molar-refractivity contribution in [2.75, 3.05) is 12.8 Å². The van der Waals surface area contributed by atoms with E-state index in [4.69, 9.17) is 22.1 Å². The Balaban J connectivity index is 2.10. The first-order valence-corrected chi connectivity index (χ1v) is 6.81. The van der Waals surface area contributed by atoms with Crippen LogP contribution in [0.1, 0.15) is 0 Å². The van der Waals surface area contributed by atoms with E-state index in [9.17, 15) is 0 Å². The Morgan fingerprint density at radius 2 is 1.95 bits per heavy atom. The number of ether oxygens (including phenoxy) is 1. The molecule has 0 spiro atoms. The van der Waals surface area contributed by atoms with Gasteiger partial charge in [0, 0.05) is 10.6 Å². The zero-order chi connectivity index (χ0) is 14.8. The lowest BCUT2D eigenvalue weighted by Crippen LogP contribution is -1.98. The number of nitrogen functional groups attached to an aromatic ring is 1. The van der Waals surface area contributed by atoms with Gasteiger partial charge in [0.05, 0.1) is 19.0 Å². The fourth-order valence-corrected chi connectivity index (χ4v) is 2.38. The molecule has 0 saturated carbocycles. The number of nitrogens with two attached hydrogens (primary N) is 1. The highest BCUT2D eigenvalue weighted by Gasteiger charge is 2.12. The van der Waals surface area contributed by atoms with Crippen LogP contribution in [0, 0.1) is 0 Å². The van der Waals surface area contributed by atoms with Gasteiger partial charge in [0.25, 0.3) is 0 Å². The van der Waals surface area contributed by atoms with E-state index in [1.54, 1.807) is 18.0 Å². The Kier molecular flexibility index (Phi) is 3.54. The van der Waals surface area contributed by atoms with Crippen LogP contribution in [-0.4, -0.2) is 16.9 Å². The van der Waals surface area contributed by atoms with Crippen LogP contribution in [-0.2, 0) is 0 Å². The Labute approximate surface area is 127 Å². The zero-order valence-corrected chi connectivity index (χ0v) is 12.2. The molecule has 0 unspecified atom stereocenters. The molecule has 0 fully saturated rings. The highest BCUT2D eigenvalue weighted by Crippen LogP contribution is 2.29. The van der Waals surface area contributed by atoms with E-state index in [-0.39, 0.29) is 0 Å². The molecule has 1 heterocycles. The third-order valence-corrected chi connectivity index (χ3v) is 3.41. The third-order valence-electron chi connectivity index (χ3n) is 3.17. The van der Waals surface area contributed by atoms with Crippen LogP contribution in [0.15, 0.2) is 54.7 Å². The Morgan fingerprint density at radius 1 is 1.14 bits per heavy atom. The minimum absolute atomic E-state index is 0.586. The Morgan fingerprint density at radius 3 is 2.71 bits per heavy atom. The summed E-state index contributed by atoms with van der Waals surface area (Å²) >= 11 is 6.02. The summed E-state index contributed by atoms with van der Waals surface area (Å²) < 4.78 is 7.06. The quantitative estimate of drug-likeness (QED) is 0.800. The van der Waals surface area contributed by atoms with Gasteiger partial charge in [-0.3, -0.25) is 0 Å². The molecule has 106 valence electrons. The Hall–Kier alpha value is -2.46. The number of rotatable bonds is 3. The van der Waals surface area contributed by atoms with Crippen LogP contribution in [0.4, 0.5) is 5.69 Å². The van der Waals surface area contributed by atoms with Crippen molar-refractivity contribution in [1.29, 1.82) is 0 Å². The molecule has 0 amide bonds. The molecule has 3 rings (SSSR count). The van der Waals surface area contributed by atoms with Crippen molar-refractivity contribution in [2.45, 2.75) is 0 Å². The molecule has 2 aromatic carbocycles. The van der Waals surface area contributed by atoms with Gasteiger partial charge in [-0.15, -0.1) is 0 Å². The molecule has 4 nitrogen and oxygen atoms in total. The van der Waals surface area contributed by atoms with E-state index >= 15 is 0 Å². The minimum Gasteiger partial charge on any atom is -0.494 e. The van der Waals surface area contributed by atoms with Crippen LogP contribution in [0.2, 0.25) is 5.02 Å². The van der Waals surface area contributed by atoms with Gasteiger partial charge in [0.15, 0.2) is 0 Å². The first-order chi connectivity index (χ1) is 10.2. The second kappa shape index (κ2) is 5.50. The summed E-state index contributed by atoms with van der Waals surface area (Å²) in [5.74, 6) is 0.734. The summed E-state index contributed by atoms with van der Waals surface area (Å²) in [5.41, 5.74) is 9.09. The van der Waals surface area contributed by atoms with Crippen LogP contribution in [0.3, 0.4) is 0 Å². The first kappa shape index (κ1) is 13.5. The average molecular weight is 300 g/mol. The maximum atomic E-state index is 6.09. The standard InChI is InChI=1S/C16H14ClN3O/c1-21-15-8-3-2-7-14(15)20-10-13(18)16(19-20)11-5-4-6-12(17)9-11/h2-10H,18H2,1H3. The molecule has 5 heteroatoms. The van der Waals surface area contributed by atoms with Crippen LogP contribution in [0.25, 0.3) is 16.9 Å². The normalized spacial score (nSPS) is 10.6. The van der Waals surface area contributed by atoms with E-state index in [0.29, 0.717) is 16.4 Å². The first-order valence-electron chi connectivity index (χ1n) is 6.43. The van der Waals surface area contributed by atoms with Gasteiger partial charge in [0.2, 0.25) is 0 Å². The number of para-hydroxylation sites is 2. The van der Waals surface area contributed by atoms with Gasteiger partial charge in [-0.25, -0.2) is 4.68 Å². The monoisotopic (exact) mass is 299 g/mol. The predicted octanol–water partition coefficient (Wildman–Crippen LogP) is 3.78. The molecule has 2 N–H and O–H groups in total. The smallest absolute Gasteiger partial charge is 0.144 e. The highest BCUT2D eigenvalue weighted by molar-refractivity contribution is 6.30. The predicted molar refractivity (Wildman–Crippen MR) is 85.0 cm³/mol. The fraction of sp³-hybridized carbons (Fsp3) is 0.0625. The van der Waals surface area contributed by atoms with Crippen LogP contribution in [0.5, 0.6) is 5.75 Å². The summed E-state index contributed by atoms with van der Waals surface area (Å²) in [6.45, 7) is 0. The summed E-state index contributed by atoms with van der Waals surface area (Å²) in [6, 6.07) is 15.1. The molecule has 0 aliphatic heterocycles. The topological polar surface area (TPSA) is 53.1 Å². The van der Waals surface area contributed by atoms with Gasteiger partial charge in [-0.2, -0.15) is 5.10 Å². The van der Waals surface area contributed by atoms with Gasteiger partial charge in [-0.05, 0) is 24.3 Å². The zero-order valence-electron chi connectivity index (χ0n) is 11.5. The van der Waals surface area contributed by atoms with Crippen LogP contribution >= 0.6 is 11.6 Å². The van der Waals surface area contributed by atoms with Gasteiger partial charge in [0.1, 0.15) is 17.1 Å². The van der Waals surface area contributed by atoms with E-state index < -0.39 is 0 Å². The van der Waals surface area contributed by atoms with Crippen LogP contribution < -0.4 is 10.5 Å². The van der Waals surface area contributed by atoms with Gasteiger partial charge < -0.3 is 10.5 Å². The van der Waals surface area contributed by atoms with Crippen molar-refractivity contribution >= 4 is 17.3 Å². The maximum absolute atomic E-state index is 6.09. The second-order valence-electron chi connectivity index (χ2n) is 4.56. The molecule has 0 atom stereocenters. The molecule has 0 bridgehead atoms. The largest absolute Gasteiger partial charge is 0.494 e. The number of anilines is 1. The summed E-state index contributed by atoms with van der Waals surface area (Å²) in [7, 11) is 1.63. The fourth-order valence-electron chi connectivity index (χ4n) is 2.19. The molecule has 0 saturated heterocycles. The lowest BCUT2D eigenvalue weighted by atomic mass is 10.1. The highest BCUT2D eigenvalue weighted by atomic mass is 35.5.